The van der Waals surface area contributed by atoms with Crippen molar-refractivity contribution in [3.8, 4) is 5.75 Å². The second-order valence-corrected chi connectivity index (χ2v) is 7.25. The molecule has 0 spiro atoms. The number of amides is 1. The maximum Gasteiger partial charge on any atom is 0.260 e. The molecule has 1 amide bonds. The number of ether oxygens (including phenoxy) is 1. The Kier molecular flexibility index (Phi) is 4.83. The summed E-state index contributed by atoms with van der Waals surface area (Å²) in [5.41, 5.74) is 1.31. The fourth-order valence-electron chi connectivity index (χ4n) is 2.67. The highest BCUT2D eigenvalue weighted by molar-refractivity contribution is 7.22. The summed E-state index contributed by atoms with van der Waals surface area (Å²) in [7, 11) is 1.61. The van der Waals surface area contributed by atoms with Crippen LogP contribution in [0.25, 0.3) is 10.2 Å². The summed E-state index contributed by atoms with van der Waals surface area (Å²) >= 11 is 7.39. The number of aromatic nitrogens is 1. The Balaban J connectivity index is 1.75. The molecule has 4 rings (SSSR count). The van der Waals surface area contributed by atoms with E-state index in [-0.39, 0.29) is 12.5 Å². The Morgan fingerprint density at radius 2 is 2.04 bits per heavy atom. The van der Waals surface area contributed by atoms with Gasteiger partial charge in [0.15, 0.2) is 5.13 Å². The molecule has 0 saturated carbocycles. The van der Waals surface area contributed by atoms with Gasteiger partial charge in [0, 0.05) is 16.7 Å². The summed E-state index contributed by atoms with van der Waals surface area (Å²) in [6.45, 7) is 0.283. The average Bonchev–Trinajstić information content (AvgIpc) is 3.34. The first-order valence-corrected chi connectivity index (χ1v) is 9.38. The highest BCUT2D eigenvalue weighted by atomic mass is 35.5. The third-order valence-electron chi connectivity index (χ3n) is 4.04. The maximum absolute atomic E-state index is 13.2. The molecule has 0 N–H and O–H groups in total. The van der Waals surface area contributed by atoms with E-state index < -0.39 is 0 Å². The monoisotopic (exact) mass is 398 g/mol. The van der Waals surface area contributed by atoms with Gasteiger partial charge in [0.1, 0.15) is 11.5 Å². The molecule has 4 aromatic rings. The molecule has 2 heterocycles. The molecular formula is C20H15ClN2O3S. The van der Waals surface area contributed by atoms with E-state index in [4.69, 9.17) is 20.8 Å². The van der Waals surface area contributed by atoms with Gasteiger partial charge in [0.25, 0.3) is 5.91 Å². The van der Waals surface area contributed by atoms with Gasteiger partial charge in [0.05, 0.1) is 30.1 Å². The standard InChI is InChI=1S/C20H15ClN2O3S/c1-25-15-8-9-18-17(11-15)22-20(27-18)23(12-16-3-2-10-26-16)19(24)13-4-6-14(21)7-5-13/h2-11H,12H2,1H3. The van der Waals surface area contributed by atoms with Gasteiger partial charge in [-0.1, -0.05) is 22.9 Å². The van der Waals surface area contributed by atoms with Crippen LogP contribution >= 0.6 is 22.9 Å². The number of nitrogens with zero attached hydrogens (tertiary/aromatic N) is 2. The van der Waals surface area contributed by atoms with Crippen molar-refractivity contribution in [3.05, 3.63) is 77.2 Å². The second-order valence-electron chi connectivity index (χ2n) is 5.81. The molecule has 2 aromatic heterocycles. The van der Waals surface area contributed by atoms with Gasteiger partial charge in [-0.25, -0.2) is 4.98 Å². The number of carbonyl (C=O) groups is 1. The zero-order valence-corrected chi connectivity index (χ0v) is 16.0. The van der Waals surface area contributed by atoms with Crippen LogP contribution in [0.3, 0.4) is 0 Å². The van der Waals surface area contributed by atoms with Crippen molar-refractivity contribution in [3.63, 3.8) is 0 Å². The van der Waals surface area contributed by atoms with Crippen molar-refractivity contribution in [2.75, 3.05) is 12.0 Å². The second kappa shape index (κ2) is 7.42. The molecule has 0 atom stereocenters. The molecule has 7 heteroatoms. The van der Waals surface area contributed by atoms with E-state index in [1.165, 1.54) is 11.3 Å². The summed E-state index contributed by atoms with van der Waals surface area (Å²) < 4.78 is 11.7. The van der Waals surface area contributed by atoms with Crippen molar-refractivity contribution in [2.24, 2.45) is 0 Å². The lowest BCUT2D eigenvalue weighted by atomic mass is 10.2. The molecule has 0 unspecified atom stereocenters. The predicted molar refractivity (Wildman–Crippen MR) is 107 cm³/mol. The van der Waals surface area contributed by atoms with E-state index in [1.54, 1.807) is 48.6 Å². The number of furan rings is 1. The van der Waals surface area contributed by atoms with Crippen molar-refractivity contribution in [1.29, 1.82) is 0 Å². The lowest BCUT2D eigenvalue weighted by Crippen LogP contribution is -2.30. The first-order chi connectivity index (χ1) is 13.1. The molecule has 27 heavy (non-hydrogen) atoms. The predicted octanol–water partition coefficient (Wildman–Crippen LogP) is 5.40. The fourth-order valence-corrected chi connectivity index (χ4v) is 3.74. The Morgan fingerprint density at radius 1 is 1.22 bits per heavy atom. The number of halogens is 1. The Morgan fingerprint density at radius 3 is 2.74 bits per heavy atom. The summed E-state index contributed by atoms with van der Waals surface area (Å²) in [5.74, 6) is 1.23. The third-order valence-corrected chi connectivity index (χ3v) is 5.36. The van der Waals surface area contributed by atoms with Crippen LogP contribution in [-0.2, 0) is 6.54 Å². The van der Waals surface area contributed by atoms with E-state index in [0.29, 0.717) is 21.5 Å². The quantitative estimate of drug-likeness (QED) is 0.451. The number of anilines is 1. The lowest BCUT2D eigenvalue weighted by molar-refractivity contribution is 0.0983. The summed E-state index contributed by atoms with van der Waals surface area (Å²) in [4.78, 5) is 19.4. The molecule has 0 aliphatic carbocycles. The van der Waals surface area contributed by atoms with Crippen LogP contribution in [0.2, 0.25) is 5.02 Å². The van der Waals surface area contributed by atoms with Crippen LogP contribution in [-0.4, -0.2) is 18.0 Å². The van der Waals surface area contributed by atoms with Crippen molar-refractivity contribution >= 4 is 44.2 Å². The minimum atomic E-state index is -0.172. The summed E-state index contributed by atoms with van der Waals surface area (Å²) in [6.07, 6.45) is 1.59. The summed E-state index contributed by atoms with van der Waals surface area (Å²) in [5, 5.41) is 1.17. The molecule has 0 saturated heterocycles. The normalized spacial score (nSPS) is 10.9. The number of thiazole rings is 1. The van der Waals surface area contributed by atoms with Gasteiger partial charge in [-0.3, -0.25) is 9.69 Å². The minimum absolute atomic E-state index is 0.172. The molecule has 0 aliphatic heterocycles. The number of fused-ring (bicyclic) bond motifs is 1. The Hall–Kier alpha value is -2.83. The van der Waals surface area contributed by atoms with Crippen molar-refractivity contribution in [2.45, 2.75) is 6.54 Å². The number of methoxy groups -OCH3 is 1. The zero-order valence-electron chi connectivity index (χ0n) is 14.4. The first kappa shape index (κ1) is 17.6. The number of benzene rings is 2. The molecule has 2 aromatic carbocycles. The van der Waals surface area contributed by atoms with Crippen molar-refractivity contribution in [1.82, 2.24) is 4.98 Å². The minimum Gasteiger partial charge on any atom is -0.497 e. The van der Waals surface area contributed by atoms with E-state index in [9.17, 15) is 4.79 Å². The van der Waals surface area contributed by atoms with E-state index in [2.05, 4.69) is 4.98 Å². The van der Waals surface area contributed by atoms with E-state index in [0.717, 1.165) is 16.0 Å². The highest BCUT2D eigenvalue weighted by Gasteiger charge is 2.23. The van der Waals surface area contributed by atoms with Gasteiger partial charge in [-0.15, -0.1) is 0 Å². The van der Waals surface area contributed by atoms with E-state index >= 15 is 0 Å². The first-order valence-electron chi connectivity index (χ1n) is 8.18. The smallest absolute Gasteiger partial charge is 0.260 e. The largest absolute Gasteiger partial charge is 0.497 e. The van der Waals surface area contributed by atoms with Gasteiger partial charge in [-0.2, -0.15) is 0 Å². The molecule has 0 bridgehead atoms. The molecule has 5 nitrogen and oxygen atoms in total. The Bertz CT molecular complexity index is 1070. The topological polar surface area (TPSA) is 55.6 Å². The molecule has 136 valence electrons. The third kappa shape index (κ3) is 3.67. The molecule has 0 fully saturated rings. The van der Waals surface area contributed by atoms with Gasteiger partial charge in [0.2, 0.25) is 0 Å². The van der Waals surface area contributed by atoms with E-state index in [1.807, 2.05) is 24.3 Å². The molecular weight excluding hydrogens is 384 g/mol. The molecule has 0 aliphatic rings. The number of hydrogen-bond donors (Lipinski definition) is 0. The summed E-state index contributed by atoms with van der Waals surface area (Å²) in [6, 6.07) is 16.1. The van der Waals surface area contributed by atoms with Crippen LogP contribution in [0, 0.1) is 0 Å². The van der Waals surface area contributed by atoms with Crippen LogP contribution in [0.5, 0.6) is 5.75 Å². The number of carbonyl (C=O) groups excluding carboxylic acids is 1. The van der Waals surface area contributed by atoms with Crippen LogP contribution in [0.15, 0.2) is 65.3 Å². The SMILES string of the molecule is COc1ccc2sc(N(Cc3ccco3)C(=O)c3ccc(Cl)cc3)nc2c1. The highest BCUT2D eigenvalue weighted by Crippen LogP contribution is 2.33. The average molecular weight is 399 g/mol. The van der Waals surface area contributed by atoms with Crippen LogP contribution in [0.1, 0.15) is 16.1 Å². The molecule has 0 radical (unpaired) electrons. The zero-order chi connectivity index (χ0) is 18.8. The number of rotatable bonds is 5. The lowest BCUT2D eigenvalue weighted by Gasteiger charge is -2.18. The Labute approximate surface area is 164 Å². The van der Waals surface area contributed by atoms with Gasteiger partial charge in [-0.05, 0) is 48.5 Å². The van der Waals surface area contributed by atoms with Crippen LogP contribution < -0.4 is 9.64 Å². The van der Waals surface area contributed by atoms with Gasteiger partial charge < -0.3 is 9.15 Å². The maximum atomic E-state index is 13.2. The fraction of sp³-hybridized carbons (Fsp3) is 0.100. The van der Waals surface area contributed by atoms with Crippen LogP contribution in [0.4, 0.5) is 5.13 Å². The number of hydrogen-bond acceptors (Lipinski definition) is 5. The van der Waals surface area contributed by atoms with Crippen molar-refractivity contribution < 1.29 is 13.9 Å². The van der Waals surface area contributed by atoms with Gasteiger partial charge >= 0.3 is 0 Å².